The van der Waals surface area contributed by atoms with Crippen molar-refractivity contribution < 1.29 is 23.1 Å². The van der Waals surface area contributed by atoms with Gasteiger partial charge < -0.3 is 5.11 Å². The first-order valence-electron chi connectivity index (χ1n) is 4.60. The van der Waals surface area contributed by atoms with Crippen LogP contribution >= 0.6 is 0 Å². The average Bonchev–Trinajstić information content (AvgIpc) is 1.99. The molecule has 0 aliphatic rings. The highest BCUT2D eigenvalue weighted by molar-refractivity contribution is 5.66. The van der Waals surface area contributed by atoms with Crippen molar-refractivity contribution in [2.24, 2.45) is 5.92 Å². The van der Waals surface area contributed by atoms with Crippen LogP contribution in [0.5, 0.6) is 0 Å². The molecule has 0 spiro atoms. The number of aliphatic carboxylic acids is 1. The summed E-state index contributed by atoms with van der Waals surface area (Å²) in [6.45, 7) is 1.72. The zero-order chi connectivity index (χ0) is 11.2. The van der Waals surface area contributed by atoms with Crippen molar-refractivity contribution in [2.45, 2.75) is 45.2 Å². The first-order chi connectivity index (χ1) is 6.31. The Labute approximate surface area is 81.1 Å². The number of alkyl halides is 3. The fraction of sp³-hybridized carbons (Fsp3) is 0.889. The number of halogens is 3. The molecule has 0 saturated carbocycles. The number of hydrogen-bond acceptors (Lipinski definition) is 1. The van der Waals surface area contributed by atoms with Crippen LogP contribution in [0.15, 0.2) is 0 Å². The highest BCUT2D eigenvalue weighted by Crippen LogP contribution is 2.25. The molecule has 0 aliphatic carbocycles. The molecular formula is C9H15F3O2. The molecule has 1 N–H and O–H groups in total. The van der Waals surface area contributed by atoms with E-state index in [1.54, 1.807) is 6.92 Å². The third-order valence-corrected chi connectivity index (χ3v) is 2.01. The molecule has 0 heterocycles. The molecule has 0 aromatic carbocycles. The molecule has 0 aromatic heterocycles. The number of carboxylic acid groups (broad SMARTS) is 1. The van der Waals surface area contributed by atoms with E-state index in [0.717, 1.165) is 0 Å². The van der Waals surface area contributed by atoms with Gasteiger partial charge in [-0.15, -0.1) is 0 Å². The molecule has 0 aliphatic heterocycles. The van der Waals surface area contributed by atoms with Gasteiger partial charge in [0.25, 0.3) is 0 Å². The minimum absolute atomic E-state index is 0.0381. The second kappa shape index (κ2) is 5.88. The average molecular weight is 212 g/mol. The van der Waals surface area contributed by atoms with Crippen molar-refractivity contribution in [2.75, 3.05) is 0 Å². The summed E-state index contributed by atoms with van der Waals surface area (Å²) < 4.78 is 35.3. The highest BCUT2D eigenvalue weighted by atomic mass is 19.4. The fourth-order valence-electron chi connectivity index (χ4n) is 1.16. The zero-order valence-electron chi connectivity index (χ0n) is 8.10. The maximum atomic E-state index is 11.8. The van der Waals surface area contributed by atoms with Gasteiger partial charge in [-0.05, 0) is 18.8 Å². The van der Waals surface area contributed by atoms with Gasteiger partial charge in [0.2, 0.25) is 0 Å². The summed E-state index contributed by atoms with van der Waals surface area (Å²) in [4.78, 5) is 10.1. The van der Waals surface area contributed by atoms with Crippen LogP contribution in [0.1, 0.15) is 39.0 Å². The summed E-state index contributed by atoms with van der Waals surface area (Å²) in [5.41, 5.74) is 0. The first kappa shape index (κ1) is 13.3. The van der Waals surface area contributed by atoms with E-state index in [2.05, 4.69) is 0 Å². The lowest BCUT2D eigenvalue weighted by Gasteiger charge is -2.11. The Bertz CT molecular complexity index is 177. The standard InChI is InChI=1S/C9H15F3O2/c1-7(3-2-4-8(13)14)5-6-9(10,11)12/h7H,2-6H2,1H3,(H,13,14). The van der Waals surface area contributed by atoms with E-state index in [1.165, 1.54) is 0 Å². The van der Waals surface area contributed by atoms with Gasteiger partial charge >= 0.3 is 12.1 Å². The van der Waals surface area contributed by atoms with Crippen molar-refractivity contribution in [3.05, 3.63) is 0 Å². The Kier molecular flexibility index (Phi) is 5.57. The summed E-state index contributed by atoms with van der Waals surface area (Å²) in [5, 5.41) is 8.31. The van der Waals surface area contributed by atoms with E-state index in [0.29, 0.717) is 12.8 Å². The molecule has 0 fully saturated rings. The second-order valence-corrected chi connectivity index (χ2v) is 3.54. The van der Waals surface area contributed by atoms with Gasteiger partial charge in [0, 0.05) is 12.8 Å². The summed E-state index contributed by atoms with van der Waals surface area (Å²) in [6, 6.07) is 0. The fourth-order valence-corrected chi connectivity index (χ4v) is 1.16. The Balaban J connectivity index is 3.46. The third kappa shape index (κ3) is 9.35. The number of carboxylic acids is 1. The van der Waals surface area contributed by atoms with Crippen LogP contribution in [0, 0.1) is 5.92 Å². The van der Waals surface area contributed by atoms with Gasteiger partial charge in [-0.3, -0.25) is 4.79 Å². The molecule has 0 aromatic rings. The lowest BCUT2D eigenvalue weighted by atomic mass is 9.99. The largest absolute Gasteiger partial charge is 0.481 e. The lowest BCUT2D eigenvalue weighted by Crippen LogP contribution is -2.09. The van der Waals surface area contributed by atoms with Crippen molar-refractivity contribution in [3.63, 3.8) is 0 Å². The summed E-state index contributed by atoms with van der Waals surface area (Å²) >= 11 is 0. The molecular weight excluding hydrogens is 197 g/mol. The van der Waals surface area contributed by atoms with Gasteiger partial charge in [0.15, 0.2) is 0 Å². The maximum Gasteiger partial charge on any atom is 0.389 e. The third-order valence-electron chi connectivity index (χ3n) is 2.01. The molecule has 84 valence electrons. The maximum absolute atomic E-state index is 11.8. The highest BCUT2D eigenvalue weighted by Gasteiger charge is 2.27. The van der Waals surface area contributed by atoms with Crippen LogP contribution in [0.2, 0.25) is 0 Å². The second-order valence-electron chi connectivity index (χ2n) is 3.54. The van der Waals surface area contributed by atoms with Crippen LogP contribution in [0.3, 0.4) is 0 Å². The number of rotatable bonds is 6. The van der Waals surface area contributed by atoms with Crippen LogP contribution in [0.4, 0.5) is 13.2 Å². The predicted molar refractivity (Wildman–Crippen MR) is 45.9 cm³/mol. The van der Waals surface area contributed by atoms with Crippen molar-refractivity contribution in [1.29, 1.82) is 0 Å². The predicted octanol–water partition coefficient (Wildman–Crippen LogP) is 3.22. The Hall–Kier alpha value is -0.740. The van der Waals surface area contributed by atoms with Crippen molar-refractivity contribution in [3.8, 4) is 0 Å². The minimum Gasteiger partial charge on any atom is -0.481 e. The van der Waals surface area contributed by atoms with Gasteiger partial charge in [0.1, 0.15) is 0 Å². The minimum atomic E-state index is -4.10. The molecule has 14 heavy (non-hydrogen) atoms. The van der Waals surface area contributed by atoms with E-state index in [9.17, 15) is 18.0 Å². The lowest BCUT2D eigenvalue weighted by molar-refractivity contribution is -0.139. The monoisotopic (exact) mass is 212 g/mol. The van der Waals surface area contributed by atoms with Gasteiger partial charge in [0.05, 0.1) is 0 Å². The van der Waals surface area contributed by atoms with Crippen LogP contribution in [-0.4, -0.2) is 17.3 Å². The van der Waals surface area contributed by atoms with Crippen molar-refractivity contribution >= 4 is 5.97 Å². The molecule has 0 radical (unpaired) electrons. The number of hydrogen-bond donors (Lipinski definition) is 1. The van der Waals surface area contributed by atoms with Crippen LogP contribution in [0.25, 0.3) is 0 Å². The van der Waals surface area contributed by atoms with Crippen LogP contribution in [-0.2, 0) is 4.79 Å². The Morgan fingerprint density at radius 1 is 1.36 bits per heavy atom. The smallest absolute Gasteiger partial charge is 0.389 e. The van der Waals surface area contributed by atoms with Gasteiger partial charge in [-0.25, -0.2) is 0 Å². The SMILES string of the molecule is CC(CCCC(=O)O)CCC(F)(F)F. The van der Waals surface area contributed by atoms with E-state index < -0.39 is 18.6 Å². The molecule has 1 atom stereocenters. The summed E-state index contributed by atoms with van der Waals surface area (Å²) in [6.07, 6.45) is -3.75. The zero-order valence-corrected chi connectivity index (χ0v) is 8.10. The topological polar surface area (TPSA) is 37.3 Å². The quantitative estimate of drug-likeness (QED) is 0.733. The summed E-state index contributed by atoms with van der Waals surface area (Å²) in [7, 11) is 0. The van der Waals surface area contributed by atoms with Crippen LogP contribution < -0.4 is 0 Å². The molecule has 0 rings (SSSR count). The summed E-state index contributed by atoms with van der Waals surface area (Å²) in [5.74, 6) is -0.955. The number of carbonyl (C=O) groups is 1. The van der Waals surface area contributed by atoms with E-state index >= 15 is 0 Å². The van der Waals surface area contributed by atoms with E-state index in [1.807, 2.05) is 0 Å². The van der Waals surface area contributed by atoms with E-state index in [-0.39, 0.29) is 18.8 Å². The molecule has 0 bridgehead atoms. The van der Waals surface area contributed by atoms with Gasteiger partial charge in [-0.2, -0.15) is 13.2 Å². The Morgan fingerprint density at radius 2 is 1.93 bits per heavy atom. The molecule has 0 saturated heterocycles. The normalized spacial score (nSPS) is 14.0. The molecule has 2 nitrogen and oxygen atoms in total. The molecule has 5 heteroatoms. The first-order valence-corrected chi connectivity index (χ1v) is 4.60. The van der Waals surface area contributed by atoms with Gasteiger partial charge in [-0.1, -0.05) is 13.3 Å². The van der Waals surface area contributed by atoms with Crippen molar-refractivity contribution in [1.82, 2.24) is 0 Å². The Morgan fingerprint density at radius 3 is 2.36 bits per heavy atom. The molecule has 1 unspecified atom stereocenters. The van der Waals surface area contributed by atoms with E-state index in [4.69, 9.17) is 5.11 Å². The molecule has 0 amide bonds.